The average Bonchev–Trinajstić information content (AvgIpc) is 3.39. The van der Waals surface area contributed by atoms with Gasteiger partial charge in [0.25, 0.3) is 0 Å². The van der Waals surface area contributed by atoms with Gasteiger partial charge in [-0.2, -0.15) is 4.72 Å². The number of anilines is 1. The lowest BCUT2D eigenvalue weighted by Gasteiger charge is -2.21. The van der Waals surface area contributed by atoms with Crippen molar-refractivity contribution in [3.8, 4) is 0 Å². The van der Waals surface area contributed by atoms with Crippen molar-refractivity contribution >= 4 is 38.9 Å². The van der Waals surface area contributed by atoms with Gasteiger partial charge in [-0.05, 0) is 54.0 Å². The lowest BCUT2D eigenvalue weighted by atomic mass is 10.0. The molecule has 0 bridgehead atoms. The number of sulfonamides is 1. The maximum absolute atomic E-state index is 13.1. The molecule has 31 heavy (non-hydrogen) atoms. The summed E-state index contributed by atoms with van der Waals surface area (Å²) < 4.78 is 28.7. The Morgan fingerprint density at radius 1 is 1.23 bits per heavy atom. The summed E-state index contributed by atoms with van der Waals surface area (Å²) in [5.41, 5.74) is 1.59. The second kappa shape index (κ2) is 9.93. The number of nitrogens with zero attached hydrogens (tertiary/aromatic N) is 1. The zero-order valence-corrected chi connectivity index (χ0v) is 19.7. The number of carbonyl (C=O) groups is 2. The van der Waals surface area contributed by atoms with Gasteiger partial charge in [0.15, 0.2) is 0 Å². The molecule has 1 aromatic heterocycles. The Hall–Kier alpha value is -2.23. The highest BCUT2D eigenvalue weighted by molar-refractivity contribution is 7.89. The van der Waals surface area contributed by atoms with Crippen molar-refractivity contribution < 1.29 is 18.0 Å². The lowest BCUT2D eigenvalue weighted by Crippen LogP contribution is -2.47. The van der Waals surface area contributed by atoms with E-state index in [1.807, 2.05) is 31.4 Å². The van der Waals surface area contributed by atoms with Crippen LogP contribution in [-0.4, -0.2) is 32.8 Å². The standard InChI is InChI=1S/C22H29N3O4S2/c1-4-21(26)25-10-9-16-13-18(7-8-20(16)25)31(28,29)24-19(12-15(2)3)22(27)23-14-17-6-5-11-30-17/h5-8,11,13,15,19,24H,4,9-10,12,14H2,1-3H3,(H,23,27)/t19-/m1/s1. The van der Waals surface area contributed by atoms with Crippen molar-refractivity contribution in [2.75, 3.05) is 11.4 Å². The number of hydrogen-bond acceptors (Lipinski definition) is 5. The predicted molar refractivity (Wildman–Crippen MR) is 123 cm³/mol. The number of nitrogens with one attached hydrogen (secondary N) is 2. The van der Waals surface area contributed by atoms with Crippen LogP contribution in [0.5, 0.6) is 0 Å². The summed E-state index contributed by atoms with van der Waals surface area (Å²) in [6.45, 7) is 6.62. The van der Waals surface area contributed by atoms with Gasteiger partial charge in [-0.25, -0.2) is 8.42 Å². The third-order valence-electron chi connectivity index (χ3n) is 5.20. The van der Waals surface area contributed by atoms with E-state index >= 15 is 0 Å². The van der Waals surface area contributed by atoms with Crippen LogP contribution in [0.15, 0.2) is 40.6 Å². The minimum atomic E-state index is -3.90. The molecule has 2 amide bonds. The second-order valence-corrected chi connectivity index (χ2v) is 10.8. The molecule has 1 atom stereocenters. The average molecular weight is 464 g/mol. The summed E-state index contributed by atoms with van der Waals surface area (Å²) in [4.78, 5) is 27.6. The molecule has 0 spiro atoms. The zero-order valence-electron chi connectivity index (χ0n) is 18.1. The molecular weight excluding hydrogens is 434 g/mol. The number of fused-ring (bicyclic) bond motifs is 1. The minimum Gasteiger partial charge on any atom is -0.350 e. The smallest absolute Gasteiger partial charge is 0.241 e. The maximum atomic E-state index is 13.1. The van der Waals surface area contributed by atoms with E-state index in [4.69, 9.17) is 0 Å². The number of amides is 2. The van der Waals surface area contributed by atoms with E-state index in [1.165, 1.54) is 17.4 Å². The molecule has 7 nitrogen and oxygen atoms in total. The van der Waals surface area contributed by atoms with Gasteiger partial charge >= 0.3 is 0 Å². The van der Waals surface area contributed by atoms with Gasteiger partial charge < -0.3 is 10.2 Å². The van der Waals surface area contributed by atoms with E-state index in [0.717, 1.165) is 16.1 Å². The normalized spacial score (nSPS) is 14.5. The molecule has 0 saturated heterocycles. The Balaban J connectivity index is 1.76. The van der Waals surface area contributed by atoms with Gasteiger partial charge in [-0.3, -0.25) is 9.59 Å². The zero-order chi connectivity index (χ0) is 22.6. The fourth-order valence-electron chi connectivity index (χ4n) is 3.64. The van der Waals surface area contributed by atoms with E-state index in [0.29, 0.717) is 32.4 Å². The molecule has 1 aromatic carbocycles. The van der Waals surface area contributed by atoms with E-state index in [2.05, 4.69) is 10.0 Å². The molecule has 2 N–H and O–H groups in total. The fourth-order valence-corrected chi connectivity index (χ4v) is 5.54. The van der Waals surface area contributed by atoms with Crippen LogP contribution in [0.1, 0.15) is 44.1 Å². The molecule has 3 rings (SSSR count). The Labute approximate surface area is 187 Å². The van der Waals surface area contributed by atoms with Gasteiger partial charge in [-0.1, -0.05) is 26.8 Å². The van der Waals surface area contributed by atoms with Gasteiger partial charge in [0.05, 0.1) is 11.4 Å². The first-order chi connectivity index (χ1) is 14.7. The summed E-state index contributed by atoms with van der Waals surface area (Å²) in [5, 5.41) is 4.76. The number of rotatable bonds is 9. The summed E-state index contributed by atoms with van der Waals surface area (Å²) in [6.07, 6.45) is 1.40. The SMILES string of the molecule is CCC(=O)N1CCc2cc(S(=O)(=O)N[C@H](CC(C)C)C(=O)NCc3cccs3)ccc21. The summed E-state index contributed by atoms with van der Waals surface area (Å²) in [6, 6.07) is 7.75. The second-order valence-electron chi connectivity index (χ2n) is 8.04. The molecule has 2 aromatic rings. The van der Waals surface area contributed by atoms with Crippen LogP contribution < -0.4 is 14.9 Å². The Morgan fingerprint density at radius 2 is 2.00 bits per heavy atom. The molecule has 0 fully saturated rings. The largest absolute Gasteiger partial charge is 0.350 e. The Bertz CT molecular complexity index is 1030. The highest BCUT2D eigenvalue weighted by Crippen LogP contribution is 2.30. The van der Waals surface area contributed by atoms with Crippen molar-refractivity contribution in [2.45, 2.75) is 57.5 Å². The Morgan fingerprint density at radius 3 is 2.65 bits per heavy atom. The molecule has 0 radical (unpaired) electrons. The van der Waals surface area contributed by atoms with Gasteiger partial charge in [0.1, 0.15) is 6.04 Å². The molecule has 1 aliphatic rings. The molecule has 9 heteroatoms. The van der Waals surface area contributed by atoms with Crippen molar-refractivity contribution in [3.05, 3.63) is 46.2 Å². The van der Waals surface area contributed by atoms with Crippen molar-refractivity contribution in [3.63, 3.8) is 0 Å². The van der Waals surface area contributed by atoms with Gasteiger partial charge in [0.2, 0.25) is 21.8 Å². The predicted octanol–water partition coefficient (Wildman–Crippen LogP) is 3.06. The lowest BCUT2D eigenvalue weighted by molar-refractivity contribution is -0.123. The molecular formula is C22H29N3O4S2. The Kier molecular flexibility index (Phi) is 7.51. The maximum Gasteiger partial charge on any atom is 0.241 e. The van der Waals surface area contributed by atoms with Crippen molar-refractivity contribution in [1.82, 2.24) is 10.0 Å². The van der Waals surface area contributed by atoms with Crippen LogP contribution in [0.25, 0.3) is 0 Å². The molecule has 0 aliphatic carbocycles. The van der Waals surface area contributed by atoms with Crippen molar-refractivity contribution in [2.24, 2.45) is 5.92 Å². The van der Waals surface area contributed by atoms with E-state index in [9.17, 15) is 18.0 Å². The van der Waals surface area contributed by atoms with Crippen LogP contribution in [0, 0.1) is 5.92 Å². The van der Waals surface area contributed by atoms with Crippen molar-refractivity contribution in [1.29, 1.82) is 0 Å². The fraction of sp³-hybridized carbons (Fsp3) is 0.455. The molecule has 1 aliphatic heterocycles. The number of hydrogen-bond donors (Lipinski definition) is 2. The number of benzene rings is 1. The van der Waals surface area contributed by atoms with Crippen LogP contribution in [0.3, 0.4) is 0 Å². The minimum absolute atomic E-state index is 0.0203. The highest BCUT2D eigenvalue weighted by atomic mass is 32.2. The number of carbonyl (C=O) groups excluding carboxylic acids is 2. The topological polar surface area (TPSA) is 95.6 Å². The molecule has 168 valence electrons. The van der Waals surface area contributed by atoms with Crippen LogP contribution in [0.4, 0.5) is 5.69 Å². The molecule has 0 unspecified atom stereocenters. The van der Waals surface area contributed by atoms with Gasteiger partial charge in [-0.15, -0.1) is 11.3 Å². The monoisotopic (exact) mass is 463 g/mol. The first kappa shape index (κ1) is 23.4. The van der Waals surface area contributed by atoms with Crippen LogP contribution in [0.2, 0.25) is 0 Å². The van der Waals surface area contributed by atoms with E-state index in [-0.39, 0.29) is 22.6 Å². The van der Waals surface area contributed by atoms with Gasteiger partial charge in [0, 0.05) is 23.5 Å². The molecule has 0 saturated carbocycles. The summed E-state index contributed by atoms with van der Waals surface area (Å²) in [7, 11) is -3.90. The van der Waals surface area contributed by atoms with E-state index < -0.39 is 16.1 Å². The summed E-state index contributed by atoms with van der Waals surface area (Å²) in [5.74, 6) is -0.188. The third-order valence-corrected chi connectivity index (χ3v) is 7.54. The summed E-state index contributed by atoms with van der Waals surface area (Å²) >= 11 is 1.53. The van der Waals surface area contributed by atoms with Crippen LogP contribution in [-0.2, 0) is 32.6 Å². The first-order valence-electron chi connectivity index (χ1n) is 10.5. The number of thiophene rings is 1. The molecule has 2 heterocycles. The van der Waals surface area contributed by atoms with E-state index in [1.54, 1.807) is 24.0 Å². The van der Waals surface area contributed by atoms with Crippen LogP contribution >= 0.6 is 11.3 Å². The first-order valence-corrected chi connectivity index (χ1v) is 12.8. The quantitative estimate of drug-likeness (QED) is 0.597. The highest BCUT2D eigenvalue weighted by Gasteiger charge is 2.29. The third kappa shape index (κ3) is 5.72.